The van der Waals surface area contributed by atoms with E-state index in [1.807, 2.05) is 12.1 Å². The molecule has 1 aromatic carbocycles. The van der Waals surface area contributed by atoms with Gasteiger partial charge in [-0.1, -0.05) is 25.3 Å². The van der Waals surface area contributed by atoms with Crippen LogP contribution in [-0.4, -0.2) is 23.4 Å². The van der Waals surface area contributed by atoms with Crippen molar-refractivity contribution in [1.82, 2.24) is 10.3 Å². The molecule has 2 aliphatic rings. The summed E-state index contributed by atoms with van der Waals surface area (Å²) in [4.78, 5) is 19.8. The van der Waals surface area contributed by atoms with E-state index in [2.05, 4.69) is 52.2 Å². The molecule has 162 valence electrons. The van der Waals surface area contributed by atoms with Gasteiger partial charge in [0.05, 0.1) is 11.4 Å². The maximum Gasteiger partial charge on any atom is 0.261 e. The first kappa shape index (κ1) is 23.7. The van der Waals surface area contributed by atoms with Gasteiger partial charge in [0.25, 0.3) is 5.56 Å². The van der Waals surface area contributed by atoms with E-state index in [1.54, 1.807) is 6.20 Å². The second kappa shape index (κ2) is 12.2. The van der Waals surface area contributed by atoms with Crippen LogP contribution < -0.4 is 21.9 Å². The second-order valence-corrected chi connectivity index (χ2v) is 7.45. The Morgan fingerprint density at radius 2 is 1.87 bits per heavy atom. The Kier molecular flexibility index (Phi) is 9.35. The Bertz CT molecular complexity index is 976. The molecule has 0 bridgehead atoms. The molecule has 0 saturated heterocycles. The van der Waals surface area contributed by atoms with Gasteiger partial charge in [0.1, 0.15) is 11.4 Å². The topological polar surface area (TPSA) is 119 Å². The van der Waals surface area contributed by atoms with E-state index in [4.69, 9.17) is 11.0 Å². The molecule has 1 aliphatic carbocycles. The number of amidine groups is 1. The highest BCUT2D eigenvalue weighted by Gasteiger charge is 2.18. The summed E-state index contributed by atoms with van der Waals surface area (Å²) in [6.07, 6.45) is 16.7. The first-order chi connectivity index (χ1) is 15.2. The fraction of sp³-hybridized carbons (Fsp3) is 0.375. The highest BCUT2D eigenvalue weighted by Crippen LogP contribution is 2.24. The SMILES string of the molecule is C#C.C#N.NC(=Nc1ccc2c(c1)CNCC2)c1c(NC2CCCCC2)cc[nH]c1=O. The van der Waals surface area contributed by atoms with Crippen LogP contribution in [0.15, 0.2) is 40.2 Å². The van der Waals surface area contributed by atoms with E-state index >= 15 is 0 Å². The van der Waals surface area contributed by atoms with E-state index in [0.717, 1.165) is 43.7 Å². The third-order valence-electron chi connectivity index (χ3n) is 5.51. The van der Waals surface area contributed by atoms with Crippen molar-refractivity contribution in [2.45, 2.75) is 51.1 Å². The van der Waals surface area contributed by atoms with E-state index in [1.165, 1.54) is 30.4 Å². The smallest absolute Gasteiger partial charge is 0.261 e. The standard InChI is InChI=1S/C21H27N5O.C2H2.CHN/c22-20(26-17-7-6-14-8-10-23-13-15(14)12-17)19-18(9-11-24-21(19)27)25-16-4-2-1-3-5-16;2*1-2/h6-7,9,11-12,16,23H,1-5,8,10,13H2,(H2,22,26)(H2,24,25,27);1-2H;1H. The second-order valence-electron chi connectivity index (χ2n) is 7.45. The summed E-state index contributed by atoms with van der Waals surface area (Å²) >= 11 is 0. The van der Waals surface area contributed by atoms with Gasteiger partial charge in [0, 0.05) is 25.4 Å². The number of nitriles is 1. The van der Waals surface area contributed by atoms with Gasteiger partial charge in [-0.15, -0.1) is 12.8 Å². The number of aliphatic imine (C=N–C) groups is 1. The molecular weight excluding hydrogens is 388 g/mol. The molecular formula is C24H30N6O. The molecule has 0 amide bonds. The molecule has 5 N–H and O–H groups in total. The van der Waals surface area contributed by atoms with Crippen molar-refractivity contribution in [1.29, 1.82) is 5.26 Å². The number of aromatic nitrogens is 1. The van der Waals surface area contributed by atoms with Gasteiger partial charge in [-0.25, -0.2) is 10.3 Å². The van der Waals surface area contributed by atoms with Crippen LogP contribution >= 0.6 is 0 Å². The number of anilines is 1. The minimum absolute atomic E-state index is 0.211. The van der Waals surface area contributed by atoms with Gasteiger partial charge in [-0.3, -0.25) is 4.79 Å². The Labute approximate surface area is 183 Å². The molecule has 1 aliphatic heterocycles. The lowest BCUT2D eigenvalue weighted by Gasteiger charge is -2.24. The number of H-pyrrole nitrogens is 1. The maximum absolute atomic E-state index is 12.5. The van der Waals surface area contributed by atoms with Gasteiger partial charge >= 0.3 is 0 Å². The van der Waals surface area contributed by atoms with Crippen molar-refractivity contribution < 1.29 is 0 Å². The quantitative estimate of drug-likeness (QED) is 0.345. The molecule has 1 saturated carbocycles. The monoisotopic (exact) mass is 418 g/mol. The lowest BCUT2D eigenvalue weighted by atomic mass is 9.95. The number of nitrogens with zero attached hydrogens (tertiary/aromatic N) is 2. The fourth-order valence-corrected chi connectivity index (χ4v) is 4.05. The summed E-state index contributed by atoms with van der Waals surface area (Å²) in [6.45, 7) is 5.35. The number of nitrogens with one attached hydrogen (secondary N) is 3. The van der Waals surface area contributed by atoms with E-state index in [-0.39, 0.29) is 11.4 Å². The van der Waals surface area contributed by atoms with Crippen molar-refractivity contribution >= 4 is 17.2 Å². The lowest BCUT2D eigenvalue weighted by Crippen LogP contribution is -2.29. The molecule has 1 fully saturated rings. The summed E-state index contributed by atoms with van der Waals surface area (Å²) < 4.78 is 0. The molecule has 1 aromatic heterocycles. The van der Waals surface area contributed by atoms with Gasteiger partial charge in [0.15, 0.2) is 0 Å². The van der Waals surface area contributed by atoms with Gasteiger partial charge in [0.2, 0.25) is 0 Å². The minimum atomic E-state index is -0.211. The number of benzene rings is 1. The normalized spacial score (nSPS) is 15.9. The van der Waals surface area contributed by atoms with Crippen molar-refractivity contribution in [3.8, 4) is 19.4 Å². The van der Waals surface area contributed by atoms with Crippen LogP contribution in [0.4, 0.5) is 11.4 Å². The van der Waals surface area contributed by atoms with Crippen LogP contribution in [-0.2, 0) is 13.0 Å². The number of hydrogen-bond acceptors (Lipinski definition) is 5. The number of nitrogens with two attached hydrogens (primary N) is 1. The average Bonchev–Trinajstić information content (AvgIpc) is 2.82. The predicted molar refractivity (Wildman–Crippen MR) is 126 cm³/mol. The molecule has 7 nitrogen and oxygen atoms in total. The lowest BCUT2D eigenvalue weighted by molar-refractivity contribution is 0.462. The minimum Gasteiger partial charge on any atom is -0.383 e. The van der Waals surface area contributed by atoms with Crippen LogP contribution in [0.1, 0.15) is 48.8 Å². The van der Waals surface area contributed by atoms with Crippen LogP contribution in [0.25, 0.3) is 0 Å². The molecule has 0 unspecified atom stereocenters. The molecule has 7 heteroatoms. The largest absolute Gasteiger partial charge is 0.383 e. The molecule has 0 atom stereocenters. The van der Waals surface area contributed by atoms with E-state index < -0.39 is 0 Å². The third kappa shape index (κ3) is 6.21. The Balaban J connectivity index is 0.000000807. The van der Waals surface area contributed by atoms with Gasteiger partial charge in [-0.2, -0.15) is 0 Å². The number of fused-ring (bicyclic) bond motifs is 1. The van der Waals surface area contributed by atoms with Gasteiger partial charge in [-0.05, 0) is 55.1 Å². The number of hydrogen-bond donors (Lipinski definition) is 4. The van der Waals surface area contributed by atoms with Crippen LogP contribution in [0.2, 0.25) is 0 Å². The Morgan fingerprint density at radius 1 is 1.13 bits per heavy atom. The average molecular weight is 419 g/mol. The number of pyridine rings is 1. The zero-order valence-corrected chi connectivity index (χ0v) is 17.7. The fourth-order valence-electron chi connectivity index (χ4n) is 4.05. The van der Waals surface area contributed by atoms with Crippen molar-refractivity contribution in [2.24, 2.45) is 10.7 Å². The molecule has 0 spiro atoms. The summed E-state index contributed by atoms with van der Waals surface area (Å²) in [5.41, 5.74) is 10.7. The predicted octanol–water partition coefficient (Wildman–Crippen LogP) is 3.19. The zero-order chi connectivity index (χ0) is 22.6. The molecule has 2 aromatic rings. The summed E-state index contributed by atoms with van der Waals surface area (Å²) in [5, 5.41) is 13.4. The zero-order valence-electron chi connectivity index (χ0n) is 17.7. The van der Waals surface area contributed by atoms with Crippen LogP contribution in [0, 0.1) is 24.7 Å². The summed E-state index contributed by atoms with van der Waals surface area (Å²) in [5.74, 6) is 0.249. The molecule has 2 heterocycles. The number of rotatable bonds is 4. The van der Waals surface area contributed by atoms with E-state index in [9.17, 15) is 4.79 Å². The molecule has 4 rings (SSSR count). The van der Waals surface area contributed by atoms with Crippen molar-refractivity contribution in [2.75, 3.05) is 11.9 Å². The third-order valence-corrected chi connectivity index (χ3v) is 5.51. The Hall–Kier alpha value is -3.55. The highest BCUT2D eigenvalue weighted by atomic mass is 16.1. The first-order valence-electron chi connectivity index (χ1n) is 10.4. The van der Waals surface area contributed by atoms with E-state index in [0.29, 0.717) is 11.6 Å². The number of aromatic amines is 1. The first-order valence-corrected chi connectivity index (χ1v) is 10.4. The van der Waals surface area contributed by atoms with Crippen LogP contribution in [0.5, 0.6) is 0 Å². The summed E-state index contributed by atoms with van der Waals surface area (Å²) in [7, 11) is 0. The summed E-state index contributed by atoms with van der Waals surface area (Å²) in [6, 6.07) is 8.41. The maximum atomic E-state index is 12.5. The van der Waals surface area contributed by atoms with Crippen molar-refractivity contribution in [3.63, 3.8) is 0 Å². The Morgan fingerprint density at radius 3 is 2.61 bits per heavy atom. The van der Waals surface area contributed by atoms with Crippen LogP contribution in [0.3, 0.4) is 0 Å². The van der Waals surface area contributed by atoms with Crippen molar-refractivity contribution in [3.05, 3.63) is 57.5 Å². The molecule has 0 radical (unpaired) electrons. The number of terminal acetylenes is 1. The highest BCUT2D eigenvalue weighted by molar-refractivity contribution is 6.03. The van der Waals surface area contributed by atoms with Gasteiger partial charge < -0.3 is 21.4 Å². The molecule has 31 heavy (non-hydrogen) atoms.